The van der Waals surface area contributed by atoms with E-state index in [1.54, 1.807) is 12.1 Å². The van der Waals surface area contributed by atoms with Crippen molar-refractivity contribution in [1.29, 1.82) is 0 Å². The molecule has 0 amide bonds. The molecular weight excluding hydrogens is 433 g/mol. The first-order valence-electron chi connectivity index (χ1n) is 10.4. The first-order chi connectivity index (χ1) is 15.0. The van der Waals surface area contributed by atoms with Crippen LogP contribution >= 0.6 is 23.2 Å². The quantitative estimate of drug-likeness (QED) is 0.583. The fourth-order valence-corrected chi connectivity index (χ4v) is 4.71. The summed E-state index contributed by atoms with van der Waals surface area (Å²) in [5, 5.41) is 4.02. The Morgan fingerprint density at radius 1 is 1.10 bits per heavy atom. The van der Waals surface area contributed by atoms with E-state index in [1.807, 2.05) is 43.3 Å². The number of benzene rings is 2. The van der Waals surface area contributed by atoms with Crippen LogP contribution in [0.15, 0.2) is 71.1 Å². The third kappa shape index (κ3) is 4.41. The zero-order valence-corrected chi connectivity index (χ0v) is 18.7. The van der Waals surface area contributed by atoms with Crippen LogP contribution in [0.5, 0.6) is 0 Å². The van der Waals surface area contributed by atoms with Crippen LogP contribution in [0.25, 0.3) is 0 Å². The summed E-state index contributed by atoms with van der Waals surface area (Å²) >= 11 is 12.8. The van der Waals surface area contributed by atoms with Gasteiger partial charge >= 0.3 is 5.97 Å². The molecule has 1 aliphatic carbocycles. The molecule has 2 aromatic rings. The molecule has 4 rings (SSSR count). The zero-order valence-electron chi connectivity index (χ0n) is 17.2. The van der Waals surface area contributed by atoms with E-state index in [-0.39, 0.29) is 12.4 Å². The maximum absolute atomic E-state index is 13.2. The zero-order chi connectivity index (χ0) is 22.0. The van der Waals surface area contributed by atoms with Crippen LogP contribution in [0.3, 0.4) is 0 Å². The maximum atomic E-state index is 13.2. The second kappa shape index (κ2) is 9.29. The van der Waals surface area contributed by atoms with Crippen molar-refractivity contribution in [3.63, 3.8) is 0 Å². The smallest absolute Gasteiger partial charge is 0.336 e. The van der Waals surface area contributed by atoms with Gasteiger partial charge in [-0.1, -0.05) is 65.7 Å². The Kier molecular flexibility index (Phi) is 6.49. The van der Waals surface area contributed by atoms with Gasteiger partial charge in [0, 0.05) is 35.7 Å². The van der Waals surface area contributed by atoms with Crippen molar-refractivity contribution >= 4 is 35.0 Å². The molecule has 31 heavy (non-hydrogen) atoms. The minimum atomic E-state index is -0.598. The van der Waals surface area contributed by atoms with Crippen LogP contribution in [0.4, 0.5) is 0 Å². The molecule has 0 radical (unpaired) electrons. The summed E-state index contributed by atoms with van der Waals surface area (Å²) in [5.41, 5.74) is 4.27. The molecule has 2 aromatic carbocycles. The molecule has 0 aromatic heterocycles. The van der Waals surface area contributed by atoms with Gasteiger partial charge in [-0.3, -0.25) is 4.79 Å². The highest BCUT2D eigenvalue weighted by Crippen LogP contribution is 2.45. The highest BCUT2D eigenvalue weighted by molar-refractivity contribution is 6.42. The molecule has 0 bridgehead atoms. The van der Waals surface area contributed by atoms with Crippen molar-refractivity contribution in [2.45, 2.75) is 38.5 Å². The van der Waals surface area contributed by atoms with Gasteiger partial charge in [0.15, 0.2) is 5.78 Å². The number of ether oxygens (including phenoxy) is 1. The van der Waals surface area contributed by atoms with Crippen molar-refractivity contribution in [3.8, 4) is 0 Å². The van der Waals surface area contributed by atoms with Crippen molar-refractivity contribution < 1.29 is 14.3 Å². The van der Waals surface area contributed by atoms with Gasteiger partial charge in [-0.25, -0.2) is 4.79 Å². The average Bonchev–Trinajstić information content (AvgIpc) is 2.75. The Morgan fingerprint density at radius 2 is 1.87 bits per heavy atom. The molecular formula is C25H23Cl2NO3. The molecule has 160 valence electrons. The van der Waals surface area contributed by atoms with E-state index in [2.05, 4.69) is 5.32 Å². The van der Waals surface area contributed by atoms with Crippen LogP contribution in [0.2, 0.25) is 10.0 Å². The third-order valence-electron chi connectivity index (χ3n) is 5.75. The number of hydrogen-bond acceptors (Lipinski definition) is 4. The molecule has 2 aliphatic rings. The number of hydrogen-bond donors (Lipinski definition) is 1. The van der Waals surface area contributed by atoms with Crippen LogP contribution < -0.4 is 5.32 Å². The number of carbonyl (C=O) groups is 2. The fraction of sp³-hybridized carbons (Fsp3) is 0.280. The first kappa shape index (κ1) is 21.7. The van der Waals surface area contributed by atoms with Gasteiger partial charge in [0.1, 0.15) is 0 Å². The number of dihydropyridines is 1. The van der Waals surface area contributed by atoms with E-state index in [0.29, 0.717) is 45.3 Å². The van der Waals surface area contributed by atoms with E-state index < -0.39 is 11.9 Å². The molecule has 4 nitrogen and oxygen atoms in total. The molecule has 6 heteroatoms. The Morgan fingerprint density at radius 3 is 2.65 bits per heavy atom. The SMILES string of the molecule is CC1=C(C(=O)OCCc2ccccc2)[C@H](c2cccc(Cl)c2Cl)C2=C(CCCC2=O)N1. The Bertz CT molecular complexity index is 1090. The van der Waals surface area contributed by atoms with Crippen LogP contribution in [-0.4, -0.2) is 18.4 Å². The van der Waals surface area contributed by atoms with E-state index in [1.165, 1.54) is 0 Å². The number of rotatable bonds is 5. The minimum absolute atomic E-state index is 0.0249. The normalized spacial score (nSPS) is 18.5. The standard InChI is InChI=1S/C25H23Cl2NO3/c1-15-21(25(30)31-14-13-16-7-3-2-4-8-16)22(17-9-5-10-18(26)24(17)27)23-19(28-15)11-6-12-20(23)29/h2-5,7-10,22,28H,6,11-14H2,1H3/t22-/m0/s1. The van der Waals surface area contributed by atoms with Crippen LogP contribution in [0.1, 0.15) is 43.2 Å². The topological polar surface area (TPSA) is 55.4 Å². The summed E-state index contributed by atoms with van der Waals surface area (Å²) in [4.78, 5) is 26.2. The summed E-state index contributed by atoms with van der Waals surface area (Å²) in [6, 6.07) is 15.1. The Hall–Kier alpha value is -2.56. The highest BCUT2D eigenvalue weighted by atomic mass is 35.5. The average molecular weight is 456 g/mol. The van der Waals surface area contributed by atoms with Gasteiger partial charge in [0.05, 0.1) is 22.2 Å². The highest BCUT2D eigenvalue weighted by Gasteiger charge is 2.40. The number of nitrogens with one attached hydrogen (secondary N) is 1. The lowest BCUT2D eigenvalue weighted by atomic mass is 9.75. The monoisotopic (exact) mass is 455 g/mol. The molecule has 1 heterocycles. The van der Waals surface area contributed by atoms with Crippen molar-refractivity contribution in [3.05, 3.63) is 92.2 Å². The van der Waals surface area contributed by atoms with Crippen molar-refractivity contribution in [2.24, 2.45) is 0 Å². The maximum Gasteiger partial charge on any atom is 0.336 e. The van der Waals surface area contributed by atoms with Gasteiger partial charge in [-0.05, 0) is 37.0 Å². The molecule has 1 N–H and O–H groups in total. The number of allylic oxidation sites excluding steroid dienone is 3. The second-order valence-corrected chi connectivity index (χ2v) is 8.57. The molecule has 0 spiro atoms. The summed E-state index contributed by atoms with van der Waals surface area (Å²) < 4.78 is 5.65. The molecule has 1 atom stereocenters. The fourth-order valence-electron chi connectivity index (χ4n) is 4.29. The number of halogens is 2. The molecule has 0 fully saturated rings. The molecule has 0 saturated carbocycles. The third-order valence-corrected chi connectivity index (χ3v) is 6.59. The van der Waals surface area contributed by atoms with Gasteiger partial charge < -0.3 is 10.1 Å². The van der Waals surface area contributed by atoms with Gasteiger partial charge in [0.2, 0.25) is 0 Å². The lowest BCUT2D eigenvalue weighted by molar-refractivity contribution is -0.139. The molecule has 0 saturated heterocycles. The van der Waals surface area contributed by atoms with Crippen LogP contribution in [0, 0.1) is 0 Å². The Balaban J connectivity index is 1.68. The van der Waals surface area contributed by atoms with E-state index in [4.69, 9.17) is 27.9 Å². The van der Waals surface area contributed by atoms with Crippen molar-refractivity contribution in [1.82, 2.24) is 5.32 Å². The Labute approximate surface area is 191 Å². The largest absolute Gasteiger partial charge is 0.462 e. The summed E-state index contributed by atoms with van der Waals surface area (Å²) in [7, 11) is 0. The predicted octanol–water partition coefficient (Wildman–Crippen LogP) is 5.75. The number of ketones is 1. The van der Waals surface area contributed by atoms with Gasteiger partial charge in [-0.15, -0.1) is 0 Å². The van der Waals surface area contributed by atoms with Gasteiger partial charge in [-0.2, -0.15) is 0 Å². The first-order valence-corrected chi connectivity index (χ1v) is 11.1. The number of carbonyl (C=O) groups excluding carboxylic acids is 2. The molecule has 1 aliphatic heterocycles. The lowest BCUT2D eigenvalue weighted by Crippen LogP contribution is -2.34. The lowest BCUT2D eigenvalue weighted by Gasteiger charge is -2.34. The van der Waals surface area contributed by atoms with Crippen LogP contribution in [-0.2, 0) is 20.7 Å². The number of Topliss-reactive ketones (excluding diaryl/α,β-unsaturated/α-hetero) is 1. The summed E-state index contributed by atoms with van der Waals surface area (Å²) in [5.74, 6) is -1.02. The molecule has 0 unspecified atom stereocenters. The second-order valence-electron chi connectivity index (χ2n) is 7.78. The predicted molar refractivity (Wildman–Crippen MR) is 122 cm³/mol. The van der Waals surface area contributed by atoms with E-state index >= 15 is 0 Å². The van der Waals surface area contributed by atoms with Gasteiger partial charge in [0.25, 0.3) is 0 Å². The van der Waals surface area contributed by atoms with E-state index in [9.17, 15) is 9.59 Å². The number of esters is 1. The summed E-state index contributed by atoms with van der Waals surface area (Å²) in [6.07, 6.45) is 2.60. The summed E-state index contributed by atoms with van der Waals surface area (Å²) in [6.45, 7) is 2.08. The minimum Gasteiger partial charge on any atom is -0.462 e. The van der Waals surface area contributed by atoms with Crippen molar-refractivity contribution in [2.75, 3.05) is 6.61 Å². The van der Waals surface area contributed by atoms with E-state index in [0.717, 1.165) is 24.1 Å².